The fourth-order valence-electron chi connectivity index (χ4n) is 3.86. The number of carbonyl (C=O) groups excluding carboxylic acids is 2. The van der Waals surface area contributed by atoms with Crippen molar-refractivity contribution < 1.29 is 19.5 Å². The molecule has 2 atom stereocenters. The molecule has 0 saturated heterocycles. The van der Waals surface area contributed by atoms with E-state index in [9.17, 15) is 19.5 Å². The zero-order valence-electron chi connectivity index (χ0n) is 16.7. The summed E-state index contributed by atoms with van der Waals surface area (Å²) in [4.78, 5) is 36.2. The summed E-state index contributed by atoms with van der Waals surface area (Å²) in [6.45, 7) is 1.64. The molecular formula is C23H28N2O4. The van der Waals surface area contributed by atoms with Crippen molar-refractivity contribution >= 4 is 28.6 Å². The largest absolute Gasteiger partial charge is 0.481 e. The third kappa shape index (κ3) is 5.56. The summed E-state index contributed by atoms with van der Waals surface area (Å²) in [5, 5.41) is 17.2. The molecule has 3 rings (SSSR count). The van der Waals surface area contributed by atoms with Crippen molar-refractivity contribution in [1.82, 2.24) is 10.6 Å². The Balaban J connectivity index is 1.54. The second-order valence-corrected chi connectivity index (χ2v) is 7.88. The van der Waals surface area contributed by atoms with Gasteiger partial charge in [-0.05, 0) is 42.5 Å². The zero-order valence-corrected chi connectivity index (χ0v) is 16.7. The van der Waals surface area contributed by atoms with Crippen molar-refractivity contribution in [3.8, 4) is 0 Å². The van der Waals surface area contributed by atoms with E-state index in [1.165, 1.54) is 0 Å². The lowest BCUT2D eigenvalue weighted by Crippen LogP contribution is -2.48. The highest BCUT2D eigenvalue weighted by Crippen LogP contribution is 2.24. The van der Waals surface area contributed by atoms with E-state index in [2.05, 4.69) is 10.6 Å². The number of carboxylic acid groups (broad SMARTS) is 1. The smallest absolute Gasteiger partial charge is 0.308 e. The van der Waals surface area contributed by atoms with Crippen LogP contribution in [-0.4, -0.2) is 35.5 Å². The monoisotopic (exact) mass is 396 g/mol. The second-order valence-electron chi connectivity index (χ2n) is 7.88. The van der Waals surface area contributed by atoms with E-state index >= 15 is 0 Å². The first-order valence-corrected chi connectivity index (χ1v) is 10.2. The van der Waals surface area contributed by atoms with Crippen LogP contribution < -0.4 is 10.6 Å². The van der Waals surface area contributed by atoms with Gasteiger partial charge >= 0.3 is 5.97 Å². The number of hydrogen-bond donors (Lipinski definition) is 3. The SMILES string of the molecule is CC(NC(=O)C1CCCC1)C(=O)NCC(Cc1ccc2ccccc2c1)C(=O)O. The Kier molecular flexibility index (Phi) is 6.86. The lowest BCUT2D eigenvalue weighted by atomic mass is 9.97. The van der Waals surface area contributed by atoms with Gasteiger partial charge < -0.3 is 15.7 Å². The molecule has 0 aromatic heterocycles. The number of benzene rings is 2. The van der Waals surface area contributed by atoms with Gasteiger partial charge in [0.1, 0.15) is 6.04 Å². The van der Waals surface area contributed by atoms with Crippen molar-refractivity contribution in [3.63, 3.8) is 0 Å². The van der Waals surface area contributed by atoms with Crippen LogP contribution in [0.1, 0.15) is 38.2 Å². The fourth-order valence-corrected chi connectivity index (χ4v) is 3.86. The quantitative estimate of drug-likeness (QED) is 0.639. The van der Waals surface area contributed by atoms with E-state index < -0.39 is 17.9 Å². The number of carboxylic acids is 1. The Bertz CT molecular complexity index is 889. The number of fused-ring (bicyclic) bond motifs is 1. The molecule has 2 amide bonds. The van der Waals surface area contributed by atoms with Crippen LogP contribution >= 0.6 is 0 Å². The van der Waals surface area contributed by atoms with Gasteiger partial charge in [-0.1, -0.05) is 55.3 Å². The molecule has 1 saturated carbocycles. The average Bonchev–Trinajstić information content (AvgIpc) is 3.25. The highest BCUT2D eigenvalue weighted by atomic mass is 16.4. The predicted octanol–water partition coefficient (Wildman–Crippen LogP) is 2.89. The summed E-state index contributed by atoms with van der Waals surface area (Å²) in [6, 6.07) is 13.1. The van der Waals surface area contributed by atoms with Gasteiger partial charge in [-0.15, -0.1) is 0 Å². The van der Waals surface area contributed by atoms with Crippen molar-refractivity contribution in [1.29, 1.82) is 0 Å². The molecule has 154 valence electrons. The Labute approximate surface area is 170 Å². The van der Waals surface area contributed by atoms with E-state index in [0.717, 1.165) is 42.0 Å². The minimum atomic E-state index is -0.957. The molecule has 6 heteroatoms. The van der Waals surface area contributed by atoms with Crippen LogP contribution in [0.2, 0.25) is 0 Å². The van der Waals surface area contributed by atoms with E-state index in [0.29, 0.717) is 6.42 Å². The van der Waals surface area contributed by atoms with Gasteiger partial charge in [-0.25, -0.2) is 0 Å². The minimum absolute atomic E-state index is 0.00933. The van der Waals surface area contributed by atoms with Crippen molar-refractivity contribution in [2.45, 2.75) is 45.1 Å². The van der Waals surface area contributed by atoms with Gasteiger partial charge in [0.05, 0.1) is 5.92 Å². The molecule has 3 N–H and O–H groups in total. The summed E-state index contributed by atoms with van der Waals surface area (Å²) in [6.07, 6.45) is 4.16. The van der Waals surface area contributed by atoms with Gasteiger partial charge in [0.25, 0.3) is 0 Å². The number of carbonyl (C=O) groups is 3. The number of rotatable bonds is 8. The Morgan fingerprint density at radius 3 is 2.45 bits per heavy atom. The van der Waals surface area contributed by atoms with Gasteiger partial charge in [0.15, 0.2) is 0 Å². The molecule has 0 bridgehead atoms. The summed E-state index contributed by atoms with van der Waals surface area (Å²) in [5.41, 5.74) is 0.910. The van der Waals surface area contributed by atoms with E-state index in [-0.39, 0.29) is 24.3 Å². The van der Waals surface area contributed by atoms with Crippen molar-refractivity contribution in [2.75, 3.05) is 6.54 Å². The summed E-state index contributed by atoms with van der Waals surface area (Å²) < 4.78 is 0. The van der Waals surface area contributed by atoms with Gasteiger partial charge in [-0.2, -0.15) is 0 Å². The predicted molar refractivity (Wildman–Crippen MR) is 111 cm³/mol. The molecule has 2 unspecified atom stereocenters. The molecule has 1 aliphatic carbocycles. The Morgan fingerprint density at radius 1 is 1.07 bits per heavy atom. The lowest BCUT2D eigenvalue weighted by molar-refractivity contribution is -0.141. The molecule has 29 heavy (non-hydrogen) atoms. The van der Waals surface area contributed by atoms with Crippen LogP contribution in [-0.2, 0) is 20.8 Å². The van der Waals surface area contributed by atoms with E-state index in [1.54, 1.807) is 6.92 Å². The van der Waals surface area contributed by atoms with Crippen molar-refractivity contribution in [2.24, 2.45) is 11.8 Å². The first-order chi connectivity index (χ1) is 13.9. The third-order valence-corrected chi connectivity index (χ3v) is 5.65. The molecule has 0 radical (unpaired) electrons. The zero-order chi connectivity index (χ0) is 20.8. The van der Waals surface area contributed by atoms with Crippen LogP contribution in [0.25, 0.3) is 10.8 Å². The maximum Gasteiger partial charge on any atom is 0.308 e. The number of aliphatic carboxylic acids is 1. The maximum atomic E-state index is 12.3. The highest BCUT2D eigenvalue weighted by molar-refractivity contribution is 5.88. The molecular weight excluding hydrogens is 368 g/mol. The van der Waals surface area contributed by atoms with E-state index in [4.69, 9.17) is 0 Å². The fraction of sp³-hybridized carbons (Fsp3) is 0.435. The topological polar surface area (TPSA) is 95.5 Å². The summed E-state index contributed by atoms with van der Waals surface area (Å²) >= 11 is 0. The molecule has 0 spiro atoms. The van der Waals surface area contributed by atoms with Crippen LogP contribution in [0, 0.1) is 11.8 Å². The van der Waals surface area contributed by atoms with Gasteiger partial charge in [-0.3, -0.25) is 14.4 Å². The van der Waals surface area contributed by atoms with Crippen LogP contribution in [0.4, 0.5) is 0 Å². The van der Waals surface area contributed by atoms with E-state index in [1.807, 2.05) is 42.5 Å². The normalized spacial score (nSPS) is 16.3. The second kappa shape index (κ2) is 9.54. The number of nitrogens with one attached hydrogen (secondary N) is 2. The van der Waals surface area contributed by atoms with Crippen LogP contribution in [0.5, 0.6) is 0 Å². The first-order valence-electron chi connectivity index (χ1n) is 10.2. The van der Waals surface area contributed by atoms with Crippen LogP contribution in [0.15, 0.2) is 42.5 Å². The first kappa shape index (κ1) is 20.8. The standard InChI is InChI=1S/C23H28N2O4/c1-15(25-22(27)18-7-3-4-8-18)21(26)24-14-20(23(28)29)13-16-10-11-17-6-2-5-9-19(17)12-16/h2,5-6,9-12,15,18,20H,3-4,7-8,13-14H2,1H3,(H,24,26)(H,25,27)(H,28,29). The minimum Gasteiger partial charge on any atom is -0.481 e. The summed E-state index contributed by atoms with van der Waals surface area (Å²) in [5.74, 6) is -2.15. The molecule has 6 nitrogen and oxygen atoms in total. The van der Waals surface area contributed by atoms with Gasteiger partial charge in [0.2, 0.25) is 11.8 Å². The van der Waals surface area contributed by atoms with Gasteiger partial charge in [0, 0.05) is 12.5 Å². The molecule has 2 aromatic carbocycles. The Hall–Kier alpha value is -2.89. The van der Waals surface area contributed by atoms with Crippen molar-refractivity contribution in [3.05, 3.63) is 48.0 Å². The molecule has 0 heterocycles. The lowest BCUT2D eigenvalue weighted by Gasteiger charge is -2.19. The molecule has 1 fully saturated rings. The third-order valence-electron chi connectivity index (χ3n) is 5.65. The highest BCUT2D eigenvalue weighted by Gasteiger charge is 2.26. The van der Waals surface area contributed by atoms with Crippen LogP contribution in [0.3, 0.4) is 0 Å². The Morgan fingerprint density at radius 2 is 1.76 bits per heavy atom. The number of amides is 2. The molecule has 0 aliphatic heterocycles. The number of hydrogen-bond acceptors (Lipinski definition) is 3. The maximum absolute atomic E-state index is 12.3. The summed E-state index contributed by atoms with van der Waals surface area (Å²) in [7, 11) is 0. The molecule has 2 aromatic rings. The molecule has 1 aliphatic rings. The average molecular weight is 396 g/mol.